The summed E-state index contributed by atoms with van der Waals surface area (Å²) in [4.78, 5) is 15.3. The van der Waals surface area contributed by atoms with Crippen LogP contribution in [0.3, 0.4) is 0 Å². The molecule has 0 aliphatic heterocycles. The van der Waals surface area contributed by atoms with Gasteiger partial charge in [0, 0.05) is 19.5 Å². The quantitative estimate of drug-likeness (QED) is 0.646. The lowest BCUT2D eigenvalue weighted by atomic mass is 10.1. The molecule has 1 aromatic carbocycles. The van der Waals surface area contributed by atoms with Crippen molar-refractivity contribution in [1.82, 2.24) is 14.8 Å². The highest BCUT2D eigenvalue weighted by atomic mass is 16.3. The molecule has 0 fully saturated rings. The standard InChI is InChI=1S/C13H11N3O2/c1-8-15-11-5-9(3-4-12(11)18-8)13-10(7-17)6-14-16(13)2/h3-7H,1-2H3. The Morgan fingerprint density at radius 2 is 2.22 bits per heavy atom. The summed E-state index contributed by atoms with van der Waals surface area (Å²) in [6.45, 7) is 1.81. The summed E-state index contributed by atoms with van der Waals surface area (Å²) in [7, 11) is 1.81. The van der Waals surface area contributed by atoms with Crippen LogP contribution in [0, 0.1) is 6.92 Å². The molecular formula is C13H11N3O2. The number of aromatic nitrogens is 3. The van der Waals surface area contributed by atoms with Crippen molar-refractivity contribution in [2.24, 2.45) is 7.05 Å². The third-order valence-electron chi connectivity index (χ3n) is 2.86. The number of nitrogens with zero attached hydrogens (tertiary/aromatic N) is 3. The van der Waals surface area contributed by atoms with Crippen molar-refractivity contribution in [2.45, 2.75) is 6.92 Å². The Kier molecular flexibility index (Phi) is 2.26. The summed E-state index contributed by atoms with van der Waals surface area (Å²) < 4.78 is 7.10. The van der Waals surface area contributed by atoms with Crippen molar-refractivity contribution in [2.75, 3.05) is 0 Å². The maximum absolute atomic E-state index is 11.0. The fourth-order valence-corrected chi connectivity index (χ4v) is 2.08. The first kappa shape index (κ1) is 10.7. The van der Waals surface area contributed by atoms with E-state index in [9.17, 15) is 4.79 Å². The lowest BCUT2D eigenvalue weighted by Gasteiger charge is -2.02. The van der Waals surface area contributed by atoms with Crippen molar-refractivity contribution in [1.29, 1.82) is 0 Å². The summed E-state index contributed by atoms with van der Waals surface area (Å²) in [5, 5.41) is 4.09. The van der Waals surface area contributed by atoms with Gasteiger partial charge in [0.25, 0.3) is 0 Å². The molecule has 90 valence electrons. The van der Waals surface area contributed by atoms with Crippen LogP contribution < -0.4 is 0 Å². The first-order chi connectivity index (χ1) is 8.69. The van der Waals surface area contributed by atoms with Gasteiger partial charge in [-0.3, -0.25) is 9.48 Å². The second-order valence-electron chi connectivity index (χ2n) is 4.11. The number of hydrogen-bond donors (Lipinski definition) is 0. The zero-order valence-corrected chi connectivity index (χ0v) is 10.0. The molecule has 0 spiro atoms. The number of aldehydes is 1. The van der Waals surface area contributed by atoms with Gasteiger partial charge in [-0.25, -0.2) is 4.98 Å². The van der Waals surface area contributed by atoms with Gasteiger partial charge in [0.15, 0.2) is 17.8 Å². The van der Waals surface area contributed by atoms with E-state index in [1.807, 2.05) is 18.2 Å². The summed E-state index contributed by atoms with van der Waals surface area (Å²) in [5.41, 5.74) is 3.77. The fraction of sp³-hybridized carbons (Fsp3) is 0.154. The molecule has 2 heterocycles. The smallest absolute Gasteiger partial charge is 0.192 e. The Morgan fingerprint density at radius 1 is 1.39 bits per heavy atom. The summed E-state index contributed by atoms with van der Waals surface area (Å²) in [6, 6.07) is 5.65. The van der Waals surface area contributed by atoms with E-state index in [0.29, 0.717) is 11.5 Å². The molecule has 0 aliphatic carbocycles. The lowest BCUT2D eigenvalue weighted by Crippen LogP contribution is -1.95. The van der Waals surface area contributed by atoms with Crippen molar-refractivity contribution >= 4 is 17.4 Å². The summed E-state index contributed by atoms with van der Waals surface area (Å²) >= 11 is 0. The Balaban J connectivity index is 2.24. The number of benzene rings is 1. The predicted molar refractivity (Wildman–Crippen MR) is 66.3 cm³/mol. The molecule has 18 heavy (non-hydrogen) atoms. The Labute approximate surface area is 103 Å². The summed E-state index contributed by atoms with van der Waals surface area (Å²) in [6.07, 6.45) is 2.36. The van der Waals surface area contributed by atoms with Crippen LogP contribution in [0.4, 0.5) is 0 Å². The third-order valence-corrected chi connectivity index (χ3v) is 2.86. The third kappa shape index (κ3) is 1.52. The van der Waals surface area contributed by atoms with Gasteiger partial charge in [-0.15, -0.1) is 0 Å². The monoisotopic (exact) mass is 241 g/mol. The van der Waals surface area contributed by atoms with Crippen LogP contribution in [0.25, 0.3) is 22.4 Å². The molecule has 0 atom stereocenters. The van der Waals surface area contributed by atoms with Crippen LogP contribution in [0.2, 0.25) is 0 Å². The second kappa shape index (κ2) is 3.80. The van der Waals surface area contributed by atoms with E-state index in [2.05, 4.69) is 10.1 Å². The first-order valence-corrected chi connectivity index (χ1v) is 5.54. The van der Waals surface area contributed by atoms with Crippen LogP contribution in [0.1, 0.15) is 16.2 Å². The normalized spacial score (nSPS) is 11.0. The van der Waals surface area contributed by atoms with E-state index < -0.39 is 0 Å². The van der Waals surface area contributed by atoms with E-state index in [1.165, 1.54) is 0 Å². The molecule has 0 N–H and O–H groups in total. The lowest BCUT2D eigenvalue weighted by molar-refractivity contribution is 0.112. The van der Waals surface area contributed by atoms with E-state index >= 15 is 0 Å². The largest absolute Gasteiger partial charge is 0.441 e. The number of carbonyl (C=O) groups excluding carboxylic acids is 1. The first-order valence-electron chi connectivity index (χ1n) is 5.54. The zero-order chi connectivity index (χ0) is 12.7. The Hall–Kier alpha value is -2.43. The van der Waals surface area contributed by atoms with Gasteiger partial charge >= 0.3 is 0 Å². The maximum Gasteiger partial charge on any atom is 0.192 e. The Morgan fingerprint density at radius 3 is 3.00 bits per heavy atom. The van der Waals surface area contributed by atoms with Gasteiger partial charge in [0.2, 0.25) is 0 Å². The number of hydrogen-bond acceptors (Lipinski definition) is 4. The number of carbonyl (C=O) groups is 1. The minimum Gasteiger partial charge on any atom is -0.441 e. The van der Waals surface area contributed by atoms with Gasteiger partial charge in [-0.2, -0.15) is 5.10 Å². The molecule has 3 aromatic rings. The van der Waals surface area contributed by atoms with Gasteiger partial charge in [-0.05, 0) is 18.2 Å². The van der Waals surface area contributed by atoms with Gasteiger partial charge in [-0.1, -0.05) is 0 Å². The highest BCUT2D eigenvalue weighted by molar-refractivity contribution is 5.88. The van der Waals surface area contributed by atoms with E-state index in [0.717, 1.165) is 28.6 Å². The second-order valence-corrected chi connectivity index (χ2v) is 4.11. The molecule has 0 saturated heterocycles. The molecule has 0 bridgehead atoms. The number of oxazole rings is 1. The average Bonchev–Trinajstić information content (AvgIpc) is 2.89. The number of rotatable bonds is 2. The molecular weight excluding hydrogens is 230 g/mol. The SMILES string of the molecule is Cc1nc2cc(-c3c(C=O)cnn3C)ccc2o1. The number of fused-ring (bicyclic) bond motifs is 1. The van der Waals surface area contributed by atoms with Crippen LogP contribution in [-0.4, -0.2) is 21.1 Å². The highest BCUT2D eigenvalue weighted by Crippen LogP contribution is 2.26. The minimum absolute atomic E-state index is 0.567. The molecule has 5 nitrogen and oxygen atoms in total. The van der Waals surface area contributed by atoms with E-state index in [4.69, 9.17) is 4.42 Å². The molecule has 3 rings (SSSR count). The molecule has 0 amide bonds. The van der Waals surface area contributed by atoms with Crippen molar-refractivity contribution in [3.05, 3.63) is 35.9 Å². The van der Waals surface area contributed by atoms with Gasteiger partial charge in [0.1, 0.15) is 5.52 Å². The van der Waals surface area contributed by atoms with Crippen molar-refractivity contribution < 1.29 is 9.21 Å². The minimum atomic E-state index is 0.567. The summed E-state index contributed by atoms with van der Waals surface area (Å²) in [5.74, 6) is 0.628. The molecule has 5 heteroatoms. The van der Waals surface area contributed by atoms with Crippen LogP contribution in [-0.2, 0) is 7.05 Å². The molecule has 0 saturated carbocycles. The van der Waals surface area contributed by atoms with Crippen molar-refractivity contribution in [3.63, 3.8) is 0 Å². The average molecular weight is 241 g/mol. The van der Waals surface area contributed by atoms with Crippen LogP contribution in [0.5, 0.6) is 0 Å². The fourth-order valence-electron chi connectivity index (χ4n) is 2.08. The zero-order valence-electron chi connectivity index (χ0n) is 10.0. The van der Waals surface area contributed by atoms with Crippen molar-refractivity contribution in [3.8, 4) is 11.3 Å². The maximum atomic E-state index is 11.0. The number of aryl methyl sites for hydroxylation is 2. The van der Waals surface area contributed by atoms with Gasteiger partial charge < -0.3 is 4.42 Å². The molecule has 0 radical (unpaired) electrons. The van der Waals surface area contributed by atoms with Crippen LogP contribution >= 0.6 is 0 Å². The van der Waals surface area contributed by atoms with Gasteiger partial charge in [0.05, 0.1) is 17.5 Å². The molecule has 0 aliphatic rings. The van der Waals surface area contributed by atoms with Crippen LogP contribution in [0.15, 0.2) is 28.8 Å². The van der Waals surface area contributed by atoms with E-state index in [-0.39, 0.29) is 0 Å². The Bertz CT molecular complexity index is 740. The predicted octanol–water partition coefficient (Wildman–Crippen LogP) is 2.35. The highest BCUT2D eigenvalue weighted by Gasteiger charge is 2.12. The topological polar surface area (TPSA) is 60.9 Å². The van der Waals surface area contributed by atoms with E-state index in [1.54, 1.807) is 24.9 Å². The molecule has 2 aromatic heterocycles. The molecule has 0 unspecified atom stereocenters.